The molecule has 1 atom stereocenters. The molecule has 0 aliphatic rings. The molecule has 2 rings (SSSR count). The van der Waals surface area contributed by atoms with Crippen molar-refractivity contribution in [1.82, 2.24) is 5.32 Å². The summed E-state index contributed by atoms with van der Waals surface area (Å²) in [5.74, 6) is 0.807. The molecular formula is C22H24N2O3. The fourth-order valence-electron chi connectivity index (χ4n) is 2.57. The van der Waals surface area contributed by atoms with E-state index in [0.29, 0.717) is 30.3 Å². The molecular weight excluding hydrogens is 340 g/mol. The lowest BCUT2D eigenvalue weighted by atomic mass is 10.1. The Kier molecular flexibility index (Phi) is 7.45. The van der Waals surface area contributed by atoms with E-state index in [4.69, 9.17) is 9.47 Å². The van der Waals surface area contributed by atoms with Gasteiger partial charge in [0.25, 0.3) is 5.91 Å². The van der Waals surface area contributed by atoms with E-state index in [1.165, 1.54) is 0 Å². The molecule has 27 heavy (non-hydrogen) atoms. The first-order valence-electron chi connectivity index (χ1n) is 8.96. The predicted molar refractivity (Wildman–Crippen MR) is 105 cm³/mol. The zero-order valence-corrected chi connectivity index (χ0v) is 15.9. The van der Waals surface area contributed by atoms with Gasteiger partial charge in [0.15, 0.2) is 11.5 Å². The van der Waals surface area contributed by atoms with Crippen molar-refractivity contribution in [3.63, 3.8) is 0 Å². The van der Waals surface area contributed by atoms with E-state index in [1.807, 2.05) is 57.2 Å². The summed E-state index contributed by atoms with van der Waals surface area (Å²) in [7, 11) is 0. The highest BCUT2D eigenvalue weighted by atomic mass is 16.5. The number of benzene rings is 2. The fourth-order valence-corrected chi connectivity index (χ4v) is 2.57. The van der Waals surface area contributed by atoms with Gasteiger partial charge in [-0.05, 0) is 50.1 Å². The third-order valence-electron chi connectivity index (χ3n) is 3.89. The summed E-state index contributed by atoms with van der Waals surface area (Å²) in [4.78, 5) is 12.5. The van der Waals surface area contributed by atoms with Crippen LogP contribution in [0, 0.1) is 11.3 Å². The minimum atomic E-state index is -0.416. The molecule has 1 N–H and O–H groups in total. The Hall–Kier alpha value is -3.26. The van der Waals surface area contributed by atoms with E-state index in [0.717, 1.165) is 5.56 Å². The van der Waals surface area contributed by atoms with Crippen molar-refractivity contribution in [1.29, 1.82) is 5.26 Å². The van der Waals surface area contributed by atoms with Crippen LogP contribution in [0.25, 0.3) is 6.08 Å². The largest absolute Gasteiger partial charge is 0.490 e. The summed E-state index contributed by atoms with van der Waals surface area (Å²) in [6, 6.07) is 16.7. The van der Waals surface area contributed by atoms with Crippen LogP contribution in [0.15, 0.2) is 54.1 Å². The number of hydrogen-bond donors (Lipinski definition) is 1. The minimum absolute atomic E-state index is 0.0318. The Labute approximate surface area is 160 Å². The normalized spacial score (nSPS) is 12.0. The van der Waals surface area contributed by atoms with E-state index in [-0.39, 0.29) is 11.6 Å². The molecule has 5 nitrogen and oxygen atoms in total. The van der Waals surface area contributed by atoms with Gasteiger partial charge in [-0.2, -0.15) is 5.26 Å². The van der Waals surface area contributed by atoms with Gasteiger partial charge in [0.05, 0.1) is 19.3 Å². The van der Waals surface area contributed by atoms with Gasteiger partial charge in [-0.25, -0.2) is 0 Å². The average Bonchev–Trinajstić information content (AvgIpc) is 2.68. The van der Waals surface area contributed by atoms with Crippen molar-refractivity contribution in [3.05, 3.63) is 65.2 Å². The summed E-state index contributed by atoms with van der Waals surface area (Å²) in [5, 5.41) is 12.3. The highest BCUT2D eigenvalue weighted by molar-refractivity contribution is 6.01. The van der Waals surface area contributed by atoms with E-state index in [2.05, 4.69) is 5.32 Å². The summed E-state index contributed by atoms with van der Waals surface area (Å²) in [6.45, 7) is 6.69. The average molecular weight is 364 g/mol. The van der Waals surface area contributed by atoms with Crippen LogP contribution in [-0.4, -0.2) is 19.1 Å². The summed E-state index contributed by atoms with van der Waals surface area (Å²) in [6.07, 6.45) is 1.55. The summed E-state index contributed by atoms with van der Waals surface area (Å²) >= 11 is 0. The maximum Gasteiger partial charge on any atom is 0.262 e. The number of carbonyl (C=O) groups excluding carboxylic acids is 1. The van der Waals surface area contributed by atoms with Crippen LogP contribution >= 0.6 is 0 Å². The Bertz CT molecular complexity index is 838. The summed E-state index contributed by atoms with van der Waals surface area (Å²) < 4.78 is 11.1. The molecule has 0 fully saturated rings. The Morgan fingerprint density at radius 2 is 1.78 bits per heavy atom. The van der Waals surface area contributed by atoms with Gasteiger partial charge in [0.2, 0.25) is 0 Å². The van der Waals surface area contributed by atoms with E-state index in [9.17, 15) is 10.1 Å². The van der Waals surface area contributed by atoms with Gasteiger partial charge >= 0.3 is 0 Å². The molecule has 1 unspecified atom stereocenters. The third kappa shape index (κ3) is 5.61. The molecule has 5 heteroatoms. The topological polar surface area (TPSA) is 71.3 Å². The van der Waals surface area contributed by atoms with Gasteiger partial charge < -0.3 is 14.8 Å². The zero-order chi connectivity index (χ0) is 19.6. The second kappa shape index (κ2) is 10.0. The Morgan fingerprint density at radius 1 is 1.11 bits per heavy atom. The first kappa shape index (κ1) is 20.1. The smallest absolute Gasteiger partial charge is 0.262 e. The third-order valence-corrected chi connectivity index (χ3v) is 3.89. The lowest BCUT2D eigenvalue weighted by Gasteiger charge is -2.14. The van der Waals surface area contributed by atoms with Crippen molar-refractivity contribution in [3.8, 4) is 17.6 Å². The number of nitrogens with zero attached hydrogens (tertiary/aromatic N) is 1. The number of nitrogens with one attached hydrogen (secondary N) is 1. The second-order valence-corrected chi connectivity index (χ2v) is 5.85. The van der Waals surface area contributed by atoms with Crippen LogP contribution in [0.3, 0.4) is 0 Å². The Morgan fingerprint density at radius 3 is 2.41 bits per heavy atom. The standard InChI is InChI=1S/C22H24N2O3/c1-4-26-20-12-11-17(14-21(20)27-5-2)13-19(15-23)22(25)24-16(3)18-9-7-6-8-10-18/h6-14,16H,4-5H2,1-3H3,(H,24,25)/b19-13-. The van der Waals surface area contributed by atoms with Crippen LogP contribution in [-0.2, 0) is 4.79 Å². The number of hydrogen-bond acceptors (Lipinski definition) is 4. The maximum atomic E-state index is 12.5. The molecule has 0 saturated carbocycles. The van der Waals surface area contributed by atoms with Crippen LogP contribution in [0.4, 0.5) is 0 Å². The molecule has 0 aliphatic heterocycles. The number of carbonyl (C=O) groups is 1. The molecule has 140 valence electrons. The predicted octanol–water partition coefficient (Wildman–Crippen LogP) is 4.27. The quantitative estimate of drug-likeness (QED) is 0.561. The first-order valence-corrected chi connectivity index (χ1v) is 8.96. The van der Waals surface area contributed by atoms with Crippen LogP contribution in [0.2, 0.25) is 0 Å². The van der Waals surface area contributed by atoms with Gasteiger partial charge in [-0.1, -0.05) is 36.4 Å². The number of amides is 1. The van der Waals surface area contributed by atoms with E-state index in [1.54, 1.807) is 24.3 Å². The van der Waals surface area contributed by atoms with Crippen molar-refractivity contribution >= 4 is 12.0 Å². The zero-order valence-electron chi connectivity index (χ0n) is 15.9. The Balaban J connectivity index is 2.20. The highest BCUT2D eigenvalue weighted by Gasteiger charge is 2.14. The minimum Gasteiger partial charge on any atom is -0.490 e. The van der Waals surface area contributed by atoms with Crippen molar-refractivity contribution in [2.75, 3.05) is 13.2 Å². The van der Waals surface area contributed by atoms with Gasteiger partial charge in [0, 0.05) is 0 Å². The van der Waals surface area contributed by atoms with Crippen molar-refractivity contribution < 1.29 is 14.3 Å². The van der Waals surface area contributed by atoms with E-state index < -0.39 is 5.91 Å². The second-order valence-electron chi connectivity index (χ2n) is 5.85. The van der Waals surface area contributed by atoms with Gasteiger partial charge in [-0.3, -0.25) is 4.79 Å². The monoisotopic (exact) mass is 364 g/mol. The van der Waals surface area contributed by atoms with Gasteiger partial charge in [0.1, 0.15) is 11.6 Å². The lowest BCUT2D eigenvalue weighted by Crippen LogP contribution is -2.27. The number of rotatable bonds is 8. The number of ether oxygens (including phenoxy) is 2. The molecule has 2 aromatic rings. The molecule has 0 spiro atoms. The molecule has 2 aromatic carbocycles. The molecule has 0 saturated heterocycles. The van der Waals surface area contributed by atoms with Gasteiger partial charge in [-0.15, -0.1) is 0 Å². The number of nitriles is 1. The summed E-state index contributed by atoms with van der Waals surface area (Å²) in [5.41, 5.74) is 1.70. The highest BCUT2D eigenvalue weighted by Crippen LogP contribution is 2.29. The van der Waals surface area contributed by atoms with E-state index >= 15 is 0 Å². The van der Waals surface area contributed by atoms with Crippen LogP contribution < -0.4 is 14.8 Å². The SMILES string of the molecule is CCOc1ccc(/C=C(/C#N)C(=O)NC(C)c2ccccc2)cc1OCC. The molecule has 0 bridgehead atoms. The fraction of sp³-hybridized carbons (Fsp3) is 0.273. The van der Waals surface area contributed by atoms with Crippen LogP contribution in [0.5, 0.6) is 11.5 Å². The van der Waals surface area contributed by atoms with Crippen LogP contribution in [0.1, 0.15) is 37.9 Å². The first-order chi connectivity index (χ1) is 13.1. The molecule has 0 aliphatic carbocycles. The molecule has 0 heterocycles. The lowest BCUT2D eigenvalue weighted by molar-refractivity contribution is -0.117. The van der Waals surface area contributed by atoms with Crippen molar-refractivity contribution in [2.45, 2.75) is 26.8 Å². The van der Waals surface area contributed by atoms with Crippen molar-refractivity contribution in [2.24, 2.45) is 0 Å². The molecule has 1 amide bonds. The molecule has 0 radical (unpaired) electrons. The molecule has 0 aromatic heterocycles. The maximum absolute atomic E-state index is 12.5.